The maximum absolute atomic E-state index is 9.69. The van der Waals surface area contributed by atoms with E-state index in [-0.39, 0.29) is 36.4 Å². The predicted molar refractivity (Wildman–Crippen MR) is 159 cm³/mol. The van der Waals surface area contributed by atoms with E-state index in [1.807, 2.05) is 0 Å². The summed E-state index contributed by atoms with van der Waals surface area (Å²) in [5.41, 5.74) is 4.97. The smallest absolute Gasteiger partial charge is 0.192 e. The summed E-state index contributed by atoms with van der Waals surface area (Å²) in [6.45, 7) is 25.6. The Morgan fingerprint density at radius 3 is 2.00 bits per heavy atom. The lowest BCUT2D eigenvalue weighted by Gasteiger charge is -2.36. The first-order valence-corrected chi connectivity index (χ1v) is 16.8. The minimum absolute atomic E-state index is 0.0174. The Morgan fingerprint density at radius 2 is 1.56 bits per heavy atom. The second kappa shape index (κ2) is 17.5. The van der Waals surface area contributed by atoms with Crippen molar-refractivity contribution >= 4 is 8.32 Å². The maximum atomic E-state index is 9.69. The average Bonchev–Trinajstić information content (AvgIpc) is 2.82. The summed E-state index contributed by atoms with van der Waals surface area (Å²) >= 11 is 0. The van der Waals surface area contributed by atoms with E-state index >= 15 is 0 Å². The third kappa shape index (κ3) is 12.5. The highest BCUT2D eigenvalue weighted by Gasteiger charge is 2.37. The quantitative estimate of drug-likeness (QED) is 0.0899. The van der Waals surface area contributed by atoms with Gasteiger partial charge in [0.25, 0.3) is 0 Å². The van der Waals surface area contributed by atoms with Crippen LogP contribution >= 0.6 is 0 Å². The molecule has 0 aromatic heterocycles. The lowest BCUT2D eigenvalue weighted by Crippen LogP contribution is -2.41. The van der Waals surface area contributed by atoms with Crippen LogP contribution in [0.4, 0.5) is 0 Å². The average molecular weight is 523 g/mol. The van der Waals surface area contributed by atoms with Gasteiger partial charge in [0.15, 0.2) is 8.32 Å². The highest BCUT2D eigenvalue weighted by molar-refractivity contribution is 6.74. The fourth-order valence-corrected chi connectivity index (χ4v) is 4.91. The first-order valence-electron chi connectivity index (χ1n) is 13.9. The molecule has 5 heteroatoms. The van der Waals surface area contributed by atoms with Crippen LogP contribution in [-0.2, 0) is 13.9 Å². The third-order valence-corrected chi connectivity index (χ3v) is 12.0. The van der Waals surface area contributed by atoms with Crippen LogP contribution in [0.15, 0.2) is 46.6 Å². The normalized spacial score (nSPS) is 17.4. The fourth-order valence-electron chi connectivity index (χ4n) is 3.94. The monoisotopic (exact) mass is 522 g/mol. The molecule has 0 radical (unpaired) electrons. The lowest BCUT2D eigenvalue weighted by atomic mass is 9.87. The number of methoxy groups -OCH3 is 1. The molecule has 0 saturated heterocycles. The van der Waals surface area contributed by atoms with Crippen LogP contribution in [0.2, 0.25) is 18.1 Å². The Morgan fingerprint density at radius 1 is 0.944 bits per heavy atom. The molecule has 0 aliphatic heterocycles. The molecular weight excluding hydrogens is 464 g/mol. The van der Waals surface area contributed by atoms with Gasteiger partial charge >= 0.3 is 0 Å². The van der Waals surface area contributed by atoms with Crippen LogP contribution in [-0.4, -0.2) is 46.6 Å². The van der Waals surface area contributed by atoms with E-state index in [1.54, 1.807) is 7.11 Å². The number of aliphatic hydroxyl groups excluding tert-OH is 1. The molecule has 0 aromatic carbocycles. The minimum atomic E-state index is -1.77. The largest absolute Gasteiger partial charge is 0.413 e. The fraction of sp³-hybridized carbons (Fsp3) is 0.742. The predicted octanol–water partition coefficient (Wildman–Crippen LogP) is 8.61. The van der Waals surface area contributed by atoms with Gasteiger partial charge in [0, 0.05) is 18.9 Å². The zero-order valence-electron chi connectivity index (χ0n) is 25.7. The first kappa shape index (κ1) is 35.0. The van der Waals surface area contributed by atoms with Crippen molar-refractivity contribution in [3.05, 3.63) is 46.6 Å². The number of hydrogen-bond acceptors (Lipinski definition) is 4. The molecule has 3 atom stereocenters. The van der Waals surface area contributed by atoms with Crippen LogP contribution in [0.3, 0.4) is 0 Å². The summed E-state index contributed by atoms with van der Waals surface area (Å²) in [7, 11) is -0.111. The summed E-state index contributed by atoms with van der Waals surface area (Å²) in [4.78, 5) is 0. The summed E-state index contributed by atoms with van der Waals surface area (Å²) in [6.07, 6.45) is 12.9. The van der Waals surface area contributed by atoms with E-state index in [9.17, 15) is 5.11 Å². The van der Waals surface area contributed by atoms with Crippen molar-refractivity contribution in [3.63, 3.8) is 0 Å². The van der Waals surface area contributed by atoms with Gasteiger partial charge < -0.3 is 19.0 Å². The van der Waals surface area contributed by atoms with Crippen LogP contribution in [0.1, 0.15) is 88.0 Å². The molecule has 0 aliphatic rings. The zero-order valence-corrected chi connectivity index (χ0v) is 26.7. The maximum Gasteiger partial charge on any atom is 0.192 e. The Bertz CT molecular complexity index is 734. The van der Waals surface area contributed by atoms with Gasteiger partial charge in [-0.25, -0.2) is 0 Å². The van der Waals surface area contributed by atoms with Crippen molar-refractivity contribution in [1.29, 1.82) is 0 Å². The van der Waals surface area contributed by atoms with Crippen LogP contribution in [0, 0.1) is 11.8 Å². The van der Waals surface area contributed by atoms with Crippen molar-refractivity contribution in [2.45, 2.75) is 112 Å². The number of ether oxygens (including phenoxy) is 2. The van der Waals surface area contributed by atoms with E-state index in [0.717, 1.165) is 31.3 Å². The number of hydrogen-bond donors (Lipinski definition) is 1. The van der Waals surface area contributed by atoms with Gasteiger partial charge in [0.1, 0.15) is 6.79 Å². The van der Waals surface area contributed by atoms with Gasteiger partial charge in [-0.15, -0.1) is 0 Å². The van der Waals surface area contributed by atoms with Crippen LogP contribution in [0.25, 0.3) is 0 Å². The molecule has 0 unspecified atom stereocenters. The van der Waals surface area contributed by atoms with Gasteiger partial charge in [0.2, 0.25) is 0 Å². The van der Waals surface area contributed by atoms with Gasteiger partial charge in [-0.1, -0.05) is 85.3 Å². The molecule has 0 heterocycles. The minimum Gasteiger partial charge on any atom is -0.413 e. The van der Waals surface area contributed by atoms with Gasteiger partial charge in [-0.05, 0) is 67.5 Å². The van der Waals surface area contributed by atoms with E-state index in [0.29, 0.717) is 6.61 Å². The molecule has 0 rings (SSSR count). The van der Waals surface area contributed by atoms with E-state index in [2.05, 4.69) is 99.7 Å². The summed E-state index contributed by atoms with van der Waals surface area (Å²) in [5.74, 6) is 0.416. The Hall–Kier alpha value is -0.983. The first-order chi connectivity index (χ1) is 16.8. The molecule has 0 aliphatic carbocycles. The van der Waals surface area contributed by atoms with Crippen molar-refractivity contribution in [1.82, 2.24) is 0 Å². The second-order valence-electron chi connectivity index (χ2n) is 11.5. The summed E-state index contributed by atoms with van der Waals surface area (Å²) in [5, 5.41) is 9.90. The molecular formula is C31H58O4Si. The third-order valence-electron chi connectivity index (χ3n) is 7.51. The Balaban J connectivity index is 5.85. The van der Waals surface area contributed by atoms with Crippen LogP contribution < -0.4 is 0 Å². The summed E-state index contributed by atoms with van der Waals surface area (Å²) < 4.78 is 17.9. The molecule has 0 bridgehead atoms. The Kier molecular flexibility index (Phi) is 17.0. The second-order valence-corrected chi connectivity index (χ2v) is 16.3. The molecule has 0 aromatic rings. The van der Waals surface area contributed by atoms with E-state index in [1.165, 1.54) is 16.7 Å². The van der Waals surface area contributed by atoms with Crippen molar-refractivity contribution in [2.75, 3.05) is 27.1 Å². The summed E-state index contributed by atoms with van der Waals surface area (Å²) in [6, 6.07) is 0. The molecule has 0 fully saturated rings. The molecule has 0 amide bonds. The Labute approximate surface area is 225 Å². The highest BCUT2D eigenvalue weighted by atomic mass is 28.4. The SMILES string of the molecule is CCC(=C\C(C)=C\[C@H](C)[C@H](OCOC)[C@H](/C=C(\CC)CO)CC)/C=C(\CC)CO[Si](C)(C)C(C)(C)C. The highest BCUT2D eigenvalue weighted by Crippen LogP contribution is 2.37. The molecule has 0 spiro atoms. The standard InChI is InChI=1S/C31H58O4Si/c1-13-26(19-28(15-3)22-35-36(11,12)31(7,8)9)18-24(5)17-25(6)30(34-23-33-10)29(16-4)20-27(14-2)21-32/h17-20,25,29-30,32H,13-16,21-23H2,1-12H3/b24-17+,26-18+,27-20+,28-19+/t25-,29-,30-/m0/s1. The van der Waals surface area contributed by atoms with E-state index < -0.39 is 8.32 Å². The van der Waals surface area contributed by atoms with Crippen molar-refractivity contribution < 1.29 is 19.0 Å². The number of allylic oxidation sites excluding steroid dienone is 4. The molecule has 210 valence electrons. The molecule has 36 heavy (non-hydrogen) atoms. The molecule has 4 nitrogen and oxygen atoms in total. The molecule has 1 N–H and O–H groups in total. The molecule has 0 saturated carbocycles. The lowest BCUT2D eigenvalue weighted by molar-refractivity contribution is -0.0975. The van der Waals surface area contributed by atoms with Crippen LogP contribution in [0.5, 0.6) is 0 Å². The van der Waals surface area contributed by atoms with Crippen molar-refractivity contribution in [2.24, 2.45) is 11.8 Å². The van der Waals surface area contributed by atoms with Gasteiger partial charge in [-0.3, -0.25) is 0 Å². The topological polar surface area (TPSA) is 47.9 Å². The van der Waals surface area contributed by atoms with Gasteiger partial charge in [0.05, 0.1) is 19.3 Å². The zero-order chi connectivity index (χ0) is 27.9. The number of rotatable bonds is 17. The van der Waals surface area contributed by atoms with Crippen molar-refractivity contribution in [3.8, 4) is 0 Å². The number of aliphatic hydroxyl groups is 1. The van der Waals surface area contributed by atoms with E-state index in [4.69, 9.17) is 13.9 Å². The van der Waals surface area contributed by atoms with Gasteiger partial charge in [-0.2, -0.15) is 0 Å².